The van der Waals surface area contributed by atoms with Gasteiger partial charge in [0.1, 0.15) is 0 Å². The lowest BCUT2D eigenvalue weighted by Crippen LogP contribution is -2.41. The zero-order chi connectivity index (χ0) is 15.3. The van der Waals surface area contributed by atoms with Gasteiger partial charge in [-0.3, -0.25) is 0 Å². The van der Waals surface area contributed by atoms with Crippen molar-refractivity contribution in [3.05, 3.63) is 42.0 Å². The molecule has 1 fully saturated rings. The molecule has 1 heterocycles. The molecule has 0 amide bonds. The fraction of sp³-hybridized carbons (Fsp3) is 0.412. The van der Waals surface area contributed by atoms with Crippen LogP contribution in [-0.4, -0.2) is 18.3 Å². The molecule has 4 heteroatoms. The van der Waals surface area contributed by atoms with Crippen molar-refractivity contribution in [1.29, 1.82) is 0 Å². The van der Waals surface area contributed by atoms with Gasteiger partial charge in [0.05, 0.1) is 11.2 Å². The molecular weight excluding hydrogens is 327 g/mol. The van der Waals surface area contributed by atoms with Crippen molar-refractivity contribution < 1.29 is 9.31 Å². The van der Waals surface area contributed by atoms with Gasteiger partial charge in [-0.05, 0) is 49.5 Å². The van der Waals surface area contributed by atoms with Crippen molar-refractivity contribution in [1.82, 2.24) is 0 Å². The van der Waals surface area contributed by atoms with Crippen molar-refractivity contribution in [3.8, 4) is 0 Å². The van der Waals surface area contributed by atoms with Gasteiger partial charge in [0.2, 0.25) is 0 Å². The van der Waals surface area contributed by atoms with E-state index in [9.17, 15) is 0 Å². The molecule has 0 unspecified atom stereocenters. The molecule has 2 aromatic rings. The third-order valence-corrected chi connectivity index (χ3v) is 5.27. The second kappa shape index (κ2) is 5.11. The number of benzene rings is 2. The van der Waals surface area contributed by atoms with Crippen LogP contribution in [0.2, 0.25) is 0 Å². The number of hydrogen-bond acceptors (Lipinski definition) is 2. The molecule has 0 N–H and O–H groups in total. The van der Waals surface area contributed by atoms with E-state index in [1.54, 1.807) is 0 Å². The molecule has 0 radical (unpaired) electrons. The van der Waals surface area contributed by atoms with Gasteiger partial charge in [0.15, 0.2) is 0 Å². The maximum absolute atomic E-state index is 6.12. The maximum Gasteiger partial charge on any atom is 0.494 e. The summed E-state index contributed by atoms with van der Waals surface area (Å²) in [5, 5.41) is 3.36. The number of hydrogen-bond donors (Lipinski definition) is 0. The molecule has 3 rings (SSSR count). The highest BCUT2D eigenvalue weighted by Crippen LogP contribution is 2.36. The Balaban J connectivity index is 2.00. The Morgan fingerprint density at radius 2 is 1.67 bits per heavy atom. The Labute approximate surface area is 135 Å². The van der Waals surface area contributed by atoms with Gasteiger partial charge < -0.3 is 9.31 Å². The van der Waals surface area contributed by atoms with Gasteiger partial charge in [-0.1, -0.05) is 52.3 Å². The minimum absolute atomic E-state index is 0.299. The van der Waals surface area contributed by atoms with Crippen LogP contribution < -0.4 is 5.46 Å². The summed E-state index contributed by atoms with van der Waals surface area (Å²) in [5.74, 6) is 0. The van der Waals surface area contributed by atoms with E-state index in [2.05, 4.69) is 80.0 Å². The first-order valence-corrected chi connectivity index (χ1v) is 8.39. The molecule has 1 aliphatic heterocycles. The number of halogens is 1. The summed E-state index contributed by atoms with van der Waals surface area (Å²) in [6.07, 6.45) is 0. The summed E-state index contributed by atoms with van der Waals surface area (Å²) < 4.78 is 12.2. The minimum Gasteiger partial charge on any atom is -0.399 e. The normalized spacial score (nSPS) is 20.1. The molecule has 0 atom stereocenters. The zero-order valence-electron chi connectivity index (χ0n) is 12.9. The largest absolute Gasteiger partial charge is 0.494 e. The molecule has 21 heavy (non-hydrogen) atoms. The van der Waals surface area contributed by atoms with Crippen LogP contribution in [0, 0.1) is 0 Å². The monoisotopic (exact) mass is 346 g/mol. The summed E-state index contributed by atoms with van der Waals surface area (Å²) in [4.78, 5) is 0. The fourth-order valence-corrected chi connectivity index (χ4v) is 3.10. The first-order chi connectivity index (χ1) is 9.84. The molecular formula is C17H20BBrO2. The van der Waals surface area contributed by atoms with E-state index < -0.39 is 0 Å². The fourth-order valence-electron chi connectivity index (χ4n) is 2.61. The molecule has 0 aliphatic carbocycles. The first-order valence-electron chi connectivity index (χ1n) is 7.27. The van der Waals surface area contributed by atoms with Crippen LogP contribution >= 0.6 is 15.9 Å². The highest BCUT2D eigenvalue weighted by Gasteiger charge is 2.51. The van der Waals surface area contributed by atoms with Crippen LogP contribution in [0.25, 0.3) is 10.8 Å². The number of rotatable bonds is 2. The van der Waals surface area contributed by atoms with Crippen molar-refractivity contribution >= 4 is 39.3 Å². The van der Waals surface area contributed by atoms with E-state index in [0.29, 0.717) is 0 Å². The van der Waals surface area contributed by atoms with Crippen LogP contribution in [-0.2, 0) is 14.6 Å². The molecule has 2 nitrogen and oxygen atoms in total. The van der Waals surface area contributed by atoms with Crippen LogP contribution in [0.4, 0.5) is 0 Å². The predicted octanol–water partition coefficient (Wildman–Crippen LogP) is 4.03. The lowest BCUT2D eigenvalue weighted by Gasteiger charge is -2.32. The molecule has 0 aromatic heterocycles. The third-order valence-electron chi connectivity index (χ3n) is 4.66. The SMILES string of the molecule is CC1(C)OB(c2ccc3c(CBr)cccc3c2)OC1(C)C. The van der Waals surface area contributed by atoms with Gasteiger partial charge in [-0.25, -0.2) is 0 Å². The smallest absolute Gasteiger partial charge is 0.399 e. The highest BCUT2D eigenvalue weighted by atomic mass is 79.9. The van der Waals surface area contributed by atoms with Gasteiger partial charge in [0.25, 0.3) is 0 Å². The van der Waals surface area contributed by atoms with Gasteiger partial charge >= 0.3 is 7.12 Å². The lowest BCUT2D eigenvalue weighted by molar-refractivity contribution is 0.00578. The number of fused-ring (bicyclic) bond motifs is 1. The van der Waals surface area contributed by atoms with Gasteiger partial charge in [-0.2, -0.15) is 0 Å². The first kappa shape index (κ1) is 15.1. The van der Waals surface area contributed by atoms with E-state index in [1.807, 2.05) is 0 Å². The Morgan fingerprint density at radius 1 is 1.00 bits per heavy atom. The van der Waals surface area contributed by atoms with Crippen molar-refractivity contribution in [2.75, 3.05) is 0 Å². The lowest BCUT2D eigenvalue weighted by atomic mass is 9.78. The van der Waals surface area contributed by atoms with Gasteiger partial charge in [-0.15, -0.1) is 0 Å². The molecule has 2 aromatic carbocycles. The Bertz CT molecular complexity index is 666. The van der Waals surface area contributed by atoms with Crippen LogP contribution in [0.1, 0.15) is 33.3 Å². The zero-order valence-corrected chi connectivity index (χ0v) is 14.5. The Hall–Kier alpha value is -0.835. The predicted molar refractivity (Wildman–Crippen MR) is 92.3 cm³/mol. The summed E-state index contributed by atoms with van der Waals surface area (Å²) >= 11 is 3.54. The van der Waals surface area contributed by atoms with E-state index in [4.69, 9.17) is 9.31 Å². The average Bonchev–Trinajstić information content (AvgIpc) is 2.66. The van der Waals surface area contributed by atoms with E-state index >= 15 is 0 Å². The van der Waals surface area contributed by atoms with Crippen molar-refractivity contribution in [3.63, 3.8) is 0 Å². The second-order valence-electron chi connectivity index (χ2n) is 6.62. The quantitative estimate of drug-likeness (QED) is 0.603. The minimum atomic E-state index is -0.301. The van der Waals surface area contributed by atoms with E-state index in [0.717, 1.165) is 10.8 Å². The van der Waals surface area contributed by atoms with E-state index in [1.165, 1.54) is 16.3 Å². The van der Waals surface area contributed by atoms with Crippen LogP contribution in [0.5, 0.6) is 0 Å². The molecule has 0 bridgehead atoms. The summed E-state index contributed by atoms with van der Waals surface area (Å²) in [6, 6.07) is 12.8. The average molecular weight is 347 g/mol. The third kappa shape index (κ3) is 2.54. The summed E-state index contributed by atoms with van der Waals surface area (Å²) in [6.45, 7) is 8.32. The summed E-state index contributed by atoms with van der Waals surface area (Å²) in [5.41, 5.74) is 1.77. The molecule has 110 valence electrons. The molecule has 1 aliphatic rings. The Morgan fingerprint density at radius 3 is 2.29 bits per heavy atom. The molecule has 0 saturated carbocycles. The second-order valence-corrected chi connectivity index (χ2v) is 7.18. The van der Waals surface area contributed by atoms with Gasteiger partial charge in [0, 0.05) is 5.33 Å². The Kier molecular flexibility index (Phi) is 3.67. The highest BCUT2D eigenvalue weighted by molar-refractivity contribution is 9.08. The molecule has 1 saturated heterocycles. The van der Waals surface area contributed by atoms with Crippen molar-refractivity contribution in [2.24, 2.45) is 0 Å². The topological polar surface area (TPSA) is 18.5 Å². The van der Waals surface area contributed by atoms with Crippen LogP contribution in [0.3, 0.4) is 0 Å². The van der Waals surface area contributed by atoms with Crippen LogP contribution in [0.15, 0.2) is 36.4 Å². The summed E-state index contributed by atoms with van der Waals surface area (Å²) in [7, 11) is -0.299. The number of alkyl halides is 1. The molecule has 0 spiro atoms. The van der Waals surface area contributed by atoms with Crippen molar-refractivity contribution in [2.45, 2.75) is 44.2 Å². The standard InChI is InChI=1S/C17H20BBrO2/c1-16(2)17(3,4)21-18(20-16)14-8-9-15-12(10-14)6-5-7-13(15)11-19/h5-10H,11H2,1-4H3. The van der Waals surface area contributed by atoms with E-state index in [-0.39, 0.29) is 18.3 Å². The maximum atomic E-state index is 6.12.